The van der Waals surface area contributed by atoms with E-state index in [1.165, 1.54) is 10.6 Å². The molecule has 19 heavy (non-hydrogen) atoms. The van der Waals surface area contributed by atoms with Crippen LogP contribution in [0.15, 0.2) is 12.4 Å². The zero-order valence-corrected chi connectivity index (χ0v) is 12.1. The van der Waals surface area contributed by atoms with E-state index in [9.17, 15) is 8.42 Å². The zero-order chi connectivity index (χ0) is 13.9. The summed E-state index contributed by atoms with van der Waals surface area (Å²) in [6.07, 6.45) is 5.38. The minimum atomic E-state index is -3.16. The van der Waals surface area contributed by atoms with Gasteiger partial charge >= 0.3 is 0 Å². The minimum Gasteiger partial charge on any atom is -0.380 e. The minimum absolute atomic E-state index is 0.120. The molecular weight excluding hydrogens is 266 g/mol. The SMILES string of the molecule is Cc1cnc(CC2COCCN(S(C)(=O)=O)C2)cn1. The highest BCUT2D eigenvalue weighted by atomic mass is 32.2. The molecule has 1 unspecified atom stereocenters. The maximum Gasteiger partial charge on any atom is 0.211 e. The molecule has 1 atom stereocenters. The Kier molecular flexibility index (Phi) is 4.49. The number of aryl methyl sites for hydroxylation is 1. The summed E-state index contributed by atoms with van der Waals surface area (Å²) in [6, 6.07) is 0. The molecular formula is C12H19N3O3S. The molecule has 0 aromatic carbocycles. The summed E-state index contributed by atoms with van der Waals surface area (Å²) >= 11 is 0. The first kappa shape index (κ1) is 14.4. The van der Waals surface area contributed by atoms with Gasteiger partial charge in [-0.2, -0.15) is 4.31 Å². The van der Waals surface area contributed by atoms with E-state index in [2.05, 4.69) is 9.97 Å². The standard InChI is InChI=1S/C12H19N3O3S/c1-10-6-14-12(7-13-10)5-11-8-15(19(2,16)17)3-4-18-9-11/h6-7,11H,3-5,8-9H2,1-2H3. The third kappa shape index (κ3) is 4.22. The lowest BCUT2D eigenvalue weighted by molar-refractivity contribution is 0.122. The molecule has 106 valence electrons. The first-order chi connectivity index (χ1) is 8.95. The van der Waals surface area contributed by atoms with E-state index in [1.54, 1.807) is 12.4 Å². The van der Waals surface area contributed by atoms with Gasteiger partial charge in [0.05, 0.1) is 30.9 Å². The number of sulfonamides is 1. The van der Waals surface area contributed by atoms with Crippen molar-refractivity contribution in [2.45, 2.75) is 13.3 Å². The van der Waals surface area contributed by atoms with Crippen molar-refractivity contribution in [2.75, 3.05) is 32.6 Å². The van der Waals surface area contributed by atoms with Gasteiger partial charge in [-0.05, 0) is 13.3 Å². The normalized spacial score (nSPS) is 22.1. The molecule has 1 aromatic rings. The highest BCUT2D eigenvalue weighted by Crippen LogP contribution is 2.14. The molecule has 6 nitrogen and oxygen atoms in total. The molecule has 0 amide bonds. The average molecular weight is 285 g/mol. The molecule has 1 aromatic heterocycles. The van der Waals surface area contributed by atoms with Crippen molar-refractivity contribution in [1.82, 2.24) is 14.3 Å². The molecule has 2 heterocycles. The van der Waals surface area contributed by atoms with Gasteiger partial charge in [0.1, 0.15) is 0 Å². The van der Waals surface area contributed by atoms with Crippen LogP contribution in [0.4, 0.5) is 0 Å². The van der Waals surface area contributed by atoms with Gasteiger partial charge in [0.15, 0.2) is 0 Å². The molecule has 0 aliphatic carbocycles. The average Bonchev–Trinajstić information content (AvgIpc) is 2.57. The van der Waals surface area contributed by atoms with Crippen LogP contribution in [0.2, 0.25) is 0 Å². The van der Waals surface area contributed by atoms with E-state index >= 15 is 0 Å². The van der Waals surface area contributed by atoms with Crippen LogP contribution in [0.3, 0.4) is 0 Å². The third-order valence-corrected chi connectivity index (χ3v) is 4.37. The summed E-state index contributed by atoms with van der Waals surface area (Å²) in [5.74, 6) is 0.120. The Morgan fingerprint density at radius 1 is 1.42 bits per heavy atom. The Morgan fingerprint density at radius 3 is 2.84 bits per heavy atom. The highest BCUT2D eigenvalue weighted by Gasteiger charge is 2.25. The summed E-state index contributed by atoms with van der Waals surface area (Å²) in [5, 5.41) is 0. The number of hydrogen-bond acceptors (Lipinski definition) is 5. The molecule has 1 aliphatic rings. The Morgan fingerprint density at radius 2 is 2.21 bits per heavy atom. The van der Waals surface area contributed by atoms with Gasteiger partial charge < -0.3 is 4.74 Å². The van der Waals surface area contributed by atoms with E-state index in [0.717, 1.165) is 11.4 Å². The van der Waals surface area contributed by atoms with Gasteiger partial charge in [-0.1, -0.05) is 0 Å². The van der Waals surface area contributed by atoms with Crippen LogP contribution in [0.5, 0.6) is 0 Å². The fourth-order valence-electron chi connectivity index (χ4n) is 2.09. The summed E-state index contributed by atoms with van der Waals surface area (Å²) < 4.78 is 30.2. The smallest absolute Gasteiger partial charge is 0.211 e. The van der Waals surface area contributed by atoms with Crippen LogP contribution in [-0.2, 0) is 21.2 Å². The summed E-state index contributed by atoms with van der Waals surface area (Å²) in [5.41, 5.74) is 1.74. The lowest BCUT2D eigenvalue weighted by Crippen LogP contribution is -2.35. The molecule has 0 saturated carbocycles. The third-order valence-electron chi connectivity index (χ3n) is 3.10. The number of hydrogen-bond donors (Lipinski definition) is 0. The van der Waals surface area contributed by atoms with E-state index in [1.807, 2.05) is 6.92 Å². The zero-order valence-electron chi connectivity index (χ0n) is 11.2. The van der Waals surface area contributed by atoms with Crippen LogP contribution in [0.25, 0.3) is 0 Å². The first-order valence-electron chi connectivity index (χ1n) is 6.25. The van der Waals surface area contributed by atoms with Gasteiger partial charge in [0.25, 0.3) is 0 Å². The molecule has 1 fully saturated rings. The number of rotatable bonds is 3. The van der Waals surface area contributed by atoms with Gasteiger partial charge in [-0.15, -0.1) is 0 Å². The largest absolute Gasteiger partial charge is 0.380 e. The Hall–Kier alpha value is -1.05. The van der Waals surface area contributed by atoms with Gasteiger partial charge in [0.2, 0.25) is 10.0 Å². The summed E-state index contributed by atoms with van der Waals surface area (Å²) in [6.45, 7) is 3.80. The van der Waals surface area contributed by atoms with Crippen molar-refractivity contribution in [2.24, 2.45) is 5.92 Å². The van der Waals surface area contributed by atoms with Crippen LogP contribution < -0.4 is 0 Å². The lowest BCUT2D eigenvalue weighted by Gasteiger charge is -2.20. The summed E-state index contributed by atoms with van der Waals surface area (Å²) in [7, 11) is -3.16. The van der Waals surface area contributed by atoms with Crippen molar-refractivity contribution in [1.29, 1.82) is 0 Å². The Balaban J connectivity index is 2.04. The van der Waals surface area contributed by atoms with Crippen LogP contribution in [0, 0.1) is 12.8 Å². The molecule has 7 heteroatoms. The van der Waals surface area contributed by atoms with E-state index in [0.29, 0.717) is 32.7 Å². The van der Waals surface area contributed by atoms with Crippen LogP contribution in [-0.4, -0.2) is 55.3 Å². The number of aromatic nitrogens is 2. The fraction of sp³-hybridized carbons (Fsp3) is 0.667. The Labute approximate surface area is 113 Å². The predicted molar refractivity (Wildman–Crippen MR) is 71.2 cm³/mol. The van der Waals surface area contributed by atoms with Crippen molar-refractivity contribution in [3.8, 4) is 0 Å². The quantitative estimate of drug-likeness (QED) is 0.795. The van der Waals surface area contributed by atoms with Crippen molar-refractivity contribution < 1.29 is 13.2 Å². The summed E-state index contributed by atoms with van der Waals surface area (Å²) in [4.78, 5) is 8.50. The highest BCUT2D eigenvalue weighted by molar-refractivity contribution is 7.88. The lowest BCUT2D eigenvalue weighted by atomic mass is 10.0. The number of nitrogens with zero attached hydrogens (tertiary/aromatic N) is 3. The first-order valence-corrected chi connectivity index (χ1v) is 8.10. The van der Waals surface area contributed by atoms with Gasteiger partial charge in [-0.3, -0.25) is 9.97 Å². The molecule has 1 aliphatic heterocycles. The van der Waals surface area contributed by atoms with Crippen molar-refractivity contribution >= 4 is 10.0 Å². The van der Waals surface area contributed by atoms with Crippen LogP contribution >= 0.6 is 0 Å². The second-order valence-corrected chi connectivity index (χ2v) is 6.90. The Bertz CT molecular complexity index is 516. The van der Waals surface area contributed by atoms with Gasteiger partial charge in [-0.25, -0.2) is 8.42 Å². The van der Waals surface area contributed by atoms with E-state index in [4.69, 9.17) is 4.74 Å². The molecule has 1 saturated heterocycles. The van der Waals surface area contributed by atoms with E-state index in [-0.39, 0.29) is 5.92 Å². The predicted octanol–water partition coefficient (Wildman–Crippen LogP) is 0.236. The molecule has 0 N–H and O–H groups in total. The van der Waals surface area contributed by atoms with Crippen molar-refractivity contribution in [3.63, 3.8) is 0 Å². The molecule has 0 spiro atoms. The fourth-order valence-corrected chi connectivity index (χ4v) is 2.98. The number of ether oxygens (including phenoxy) is 1. The van der Waals surface area contributed by atoms with Crippen molar-refractivity contribution in [3.05, 3.63) is 23.8 Å². The molecule has 0 radical (unpaired) electrons. The molecule has 0 bridgehead atoms. The van der Waals surface area contributed by atoms with E-state index < -0.39 is 10.0 Å². The maximum absolute atomic E-state index is 11.6. The van der Waals surface area contributed by atoms with Gasteiger partial charge in [0, 0.05) is 31.4 Å². The topological polar surface area (TPSA) is 72.4 Å². The second-order valence-electron chi connectivity index (χ2n) is 4.92. The van der Waals surface area contributed by atoms with Crippen LogP contribution in [0.1, 0.15) is 11.4 Å². The molecule has 2 rings (SSSR count). The maximum atomic E-state index is 11.6. The second kappa shape index (κ2) is 5.94. The monoisotopic (exact) mass is 285 g/mol.